The first-order valence-electron chi connectivity index (χ1n) is 18.3. The van der Waals surface area contributed by atoms with Gasteiger partial charge in [-0.3, -0.25) is 0 Å². The van der Waals surface area contributed by atoms with Crippen molar-refractivity contribution in [2.75, 3.05) is 9.80 Å². The van der Waals surface area contributed by atoms with Crippen molar-refractivity contribution < 1.29 is 13.5 Å². The Morgan fingerprint density at radius 3 is 1.27 bits per heavy atom. The van der Waals surface area contributed by atoms with Crippen LogP contribution in [0, 0.1) is 48.2 Å². The molecule has 1 aliphatic heterocycles. The molecule has 3 atom stereocenters. The monoisotopic (exact) mass is 837 g/mol. The van der Waals surface area contributed by atoms with E-state index in [0.29, 0.717) is 0 Å². The zero-order chi connectivity index (χ0) is 37.2. The summed E-state index contributed by atoms with van der Waals surface area (Å²) in [6, 6.07) is 41.4. The molecule has 0 amide bonds. The Balaban J connectivity index is 0.000000251. The summed E-state index contributed by atoms with van der Waals surface area (Å²) in [4.78, 5) is 5.05. The van der Waals surface area contributed by atoms with Crippen LogP contribution in [0.5, 0.6) is 0 Å². The van der Waals surface area contributed by atoms with Gasteiger partial charge in [-0.05, 0) is 93.4 Å². The maximum atomic E-state index is 5.67. The molecule has 1 saturated heterocycles. The SMILES string of the molecule is Cc1cc(C)c(N2[CH-]N(c3c(C)cc(C)cc3C)C(c3ccccc3)C2c2ccccc2)c(C)c1.PC1CCCCC1.[Cl][Ru]([Cl])=[CH]c1ccccc1. The Kier molecular flexibility index (Phi) is 15.2. The molecule has 276 valence electrons. The molecule has 2 nitrogen and oxygen atoms in total. The molecule has 6 heteroatoms. The Hall–Kier alpha value is -2.80. The van der Waals surface area contributed by atoms with Crippen LogP contribution in [0.2, 0.25) is 0 Å². The number of hydrogen-bond acceptors (Lipinski definition) is 2. The molecule has 0 radical (unpaired) electrons. The molecular weight excluding hydrogens is 783 g/mol. The predicted octanol–water partition coefficient (Wildman–Crippen LogP) is 13.4. The van der Waals surface area contributed by atoms with E-state index < -0.39 is 13.5 Å². The summed E-state index contributed by atoms with van der Waals surface area (Å²) in [5, 5.41) is 0. The number of benzene rings is 5. The van der Waals surface area contributed by atoms with Crippen molar-refractivity contribution in [1.82, 2.24) is 0 Å². The van der Waals surface area contributed by atoms with E-state index in [9.17, 15) is 0 Å². The molecule has 2 fully saturated rings. The molecule has 1 heterocycles. The number of aryl methyl sites for hydroxylation is 6. The van der Waals surface area contributed by atoms with Crippen molar-refractivity contribution in [2.45, 2.75) is 91.4 Å². The topological polar surface area (TPSA) is 6.48 Å². The first-order chi connectivity index (χ1) is 25.0. The van der Waals surface area contributed by atoms with Gasteiger partial charge < -0.3 is 9.80 Å². The third-order valence-electron chi connectivity index (χ3n) is 9.86. The van der Waals surface area contributed by atoms with Gasteiger partial charge in [0.1, 0.15) is 0 Å². The Morgan fingerprint density at radius 1 is 0.577 bits per heavy atom. The third-order valence-corrected chi connectivity index (χ3v) is 12.4. The van der Waals surface area contributed by atoms with E-state index in [2.05, 4.69) is 152 Å². The van der Waals surface area contributed by atoms with Crippen molar-refractivity contribution in [3.05, 3.63) is 172 Å². The van der Waals surface area contributed by atoms with E-state index in [0.717, 1.165) is 11.2 Å². The van der Waals surface area contributed by atoms with E-state index in [1.54, 1.807) is 0 Å². The molecule has 3 unspecified atom stereocenters. The second-order valence-electron chi connectivity index (χ2n) is 14.3. The molecule has 0 N–H and O–H groups in total. The van der Waals surface area contributed by atoms with Gasteiger partial charge >= 0.3 is 73.4 Å². The second-order valence-corrected chi connectivity index (χ2v) is 20.9. The molecule has 52 heavy (non-hydrogen) atoms. The van der Waals surface area contributed by atoms with Crippen molar-refractivity contribution in [3.8, 4) is 0 Å². The molecule has 7 rings (SSSR count). The Labute approximate surface area is 329 Å². The molecule has 1 saturated carbocycles. The Bertz CT molecular complexity index is 1750. The number of rotatable bonds is 5. The van der Waals surface area contributed by atoms with Gasteiger partial charge in [0.2, 0.25) is 0 Å². The third kappa shape index (κ3) is 10.7. The van der Waals surface area contributed by atoms with Crippen LogP contribution in [0.1, 0.15) is 94.3 Å². The molecule has 0 bridgehead atoms. The van der Waals surface area contributed by atoms with Gasteiger partial charge in [0.05, 0.1) is 12.1 Å². The molecule has 1 aliphatic carbocycles. The van der Waals surface area contributed by atoms with Gasteiger partial charge in [0.25, 0.3) is 0 Å². The van der Waals surface area contributed by atoms with E-state index in [4.69, 9.17) is 19.4 Å². The molecule has 0 aromatic heterocycles. The van der Waals surface area contributed by atoms with Gasteiger partial charge in [-0.25, -0.2) is 0 Å². The van der Waals surface area contributed by atoms with E-state index in [-0.39, 0.29) is 12.1 Å². The summed E-state index contributed by atoms with van der Waals surface area (Å²) in [5.74, 6) is 0. The van der Waals surface area contributed by atoms with Crippen LogP contribution in [0.4, 0.5) is 11.4 Å². The van der Waals surface area contributed by atoms with Crippen molar-refractivity contribution >= 4 is 44.6 Å². The van der Waals surface area contributed by atoms with Crippen molar-refractivity contribution in [1.29, 1.82) is 0 Å². The van der Waals surface area contributed by atoms with Crippen molar-refractivity contribution in [2.24, 2.45) is 0 Å². The first-order valence-corrected chi connectivity index (χ1v) is 24.5. The average Bonchev–Trinajstić information content (AvgIpc) is 3.48. The quantitative estimate of drug-likeness (QED) is 0.0988. The fourth-order valence-corrected chi connectivity index (χ4v) is 10.2. The maximum absolute atomic E-state index is 5.67. The Morgan fingerprint density at radius 2 is 0.942 bits per heavy atom. The van der Waals surface area contributed by atoms with Gasteiger partial charge in [-0.15, -0.1) is 9.24 Å². The molecule has 0 spiro atoms. The predicted molar refractivity (Wildman–Crippen MR) is 229 cm³/mol. The van der Waals surface area contributed by atoms with Crippen LogP contribution in [-0.4, -0.2) is 10.3 Å². The number of nitrogens with zero attached hydrogens (tertiary/aromatic N) is 2. The number of halogens is 2. The zero-order valence-electron chi connectivity index (χ0n) is 31.5. The number of anilines is 2. The van der Waals surface area contributed by atoms with Gasteiger partial charge in [-0.2, -0.15) is 6.67 Å². The number of hydrogen-bond donors (Lipinski definition) is 0. The molecule has 2 aliphatic rings. The second kappa shape index (κ2) is 19.5. The summed E-state index contributed by atoms with van der Waals surface area (Å²) >= 11 is -1.61. The van der Waals surface area contributed by atoms with Crippen LogP contribution < -0.4 is 9.80 Å². The van der Waals surface area contributed by atoms with Gasteiger partial charge in [0, 0.05) is 11.4 Å². The van der Waals surface area contributed by atoms with E-state index in [1.165, 1.54) is 88.0 Å². The zero-order valence-corrected chi connectivity index (χ0v) is 35.9. The van der Waals surface area contributed by atoms with Crippen LogP contribution in [0.3, 0.4) is 0 Å². The van der Waals surface area contributed by atoms with E-state index in [1.807, 2.05) is 34.9 Å². The normalized spacial score (nSPS) is 17.4. The molecule has 5 aromatic carbocycles. The fourth-order valence-electron chi connectivity index (χ4n) is 7.87. The summed E-state index contributed by atoms with van der Waals surface area (Å²) in [6.45, 7) is 15.7. The van der Waals surface area contributed by atoms with Gasteiger partial charge in [-0.1, -0.05) is 115 Å². The fraction of sp³-hybridized carbons (Fsp3) is 0.304. The first kappa shape index (κ1) is 40.4. The average molecular weight is 838 g/mol. The summed E-state index contributed by atoms with van der Waals surface area (Å²) in [5.41, 5.74) is 15.2. The van der Waals surface area contributed by atoms with Gasteiger partial charge in [0.15, 0.2) is 0 Å². The van der Waals surface area contributed by atoms with Crippen LogP contribution in [0.15, 0.2) is 115 Å². The summed E-state index contributed by atoms with van der Waals surface area (Å²) in [6.07, 6.45) is 7.31. The standard InChI is InChI=1S/C33H35N2.C7H6.C6H13P.2ClH.Ru/c1-22-17-24(3)30(25(4)18-22)34-21-35(31-26(5)19-23(2)20-27(31)6)33(29-15-11-8-12-16-29)32(34)28-13-9-7-10-14-28;1-7-5-3-2-4-6-7;7-6-4-2-1-3-5-6;;;/h7-21,32-33H,1-6H3;1-6H;6H,1-5,7H2;2*1H;/q-1;;;;;+2/p-2. The van der Waals surface area contributed by atoms with Crippen molar-refractivity contribution in [3.63, 3.8) is 0 Å². The summed E-state index contributed by atoms with van der Waals surface area (Å²) < 4.78 is 1.92. The van der Waals surface area contributed by atoms with E-state index >= 15 is 0 Å². The minimum absolute atomic E-state index is 0.138. The molecule has 5 aromatic rings. The van der Waals surface area contributed by atoms with Crippen LogP contribution >= 0.6 is 28.6 Å². The summed E-state index contributed by atoms with van der Waals surface area (Å²) in [7, 11) is 14.2. The minimum atomic E-state index is -1.61. The molecular formula is C46H54Cl2N2PRu-. The van der Waals surface area contributed by atoms with Crippen LogP contribution in [-0.2, 0) is 13.5 Å². The van der Waals surface area contributed by atoms with Crippen LogP contribution in [0.25, 0.3) is 0 Å².